The molecule has 0 saturated carbocycles. The molecule has 0 aromatic heterocycles. The molecular weight excluding hydrogens is 264 g/mol. The van der Waals surface area contributed by atoms with E-state index in [1.165, 1.54) is 13.2 Å². The highest BCUT2D eigenvalue weighted by Gasteiger charge is 2.15. The Morgan fingerprint density at radius 2 is 1.95 bits per heavy atom. The molecule has 2 aromatic rings. The highest BCUT2D eigenvalue weighted by Crippen LogP contribution is 2.24. The number of rotatable bonds is 3. The van der Waals surface area contributed by atoms with Crippen LogP contribution in [0.15, 0.2) is 42.5 Å². The van der Waals surface area contributed by atoms with Crippen molar-refractivity contribution in [2.45, 2.75) is 6.92 Å². The first kappa shape index (κ1) is 13.4. The second kappa shape index (κ2) is 5.76. The number of benzene rings is 2. The summed E-state index contributed by atoms with van der Waals surface area (Å²) in [6.07, 6.45) is 0. The Balaban J connectivity index is 2.27. The lowest BCUT2D eigenvalue weighted by Crippen LogP contribution is -2.10. The molecule has 0 radical (unpaired) electrons. The fraction of sp³-hybridized carbons (Fsp3) is 0.133. The van der Waals surface area contributed by atoms with Crippen LogP contribution in [0.5, 0.6) is 11.5 Å². The lowest BCUT2D eigenvalue weighted by molar-refractivity contribution is 0.0731. The molecule has 4 heteroatoms. The molecule has 0 aliphatic rings. The largest absolute Gasteiger partial charge is 0.496 e. The number of hydrogen-bond donors (Lipinski definition) is 0. The second-order valence-corrected chi connectivity index (χ2v) is 4.49. The van der Waals surface area contributed by atoms with Crippen molar-refractivity contribution in [3.8, 4) is 11.5 Å². The van der Waals surface area contributed by atoms with Gasteiger partial charge in [0, 0.05) is 5.02 Å². The summed E-state index contributed by atoms with van der Waals surface area (Å²) >= 11 is 5.88. The van der Waals surface area contributed by atoms with Crippen molar-refractivity contribution < 1.29 is 14.3 Å². The smallest absolute Gasteiger partial charge is 0.347 e. The van der Waals surface area contributed by atoms with Gasteiger partial charge in [0.05, 0.1) is 7.11 Å². The van der Waals surface area contributed by atoms with Crippen LogP contribution >= 0.6 is 11.6 Å². The molecule has 0 saturated heterocycles. The zero-order valence-electron chi connectivity index (χ0n) is 10.6. The number of carbonyl (C=O) groups is 1. The van der Waals surface area contributed by atoms with Crippen LogP contribution < -0.4 is 9.47 Å². The van der Waals surface area contributed by atoms with E-state index in [0.717, 1.165) is 5.56 Å². The molecule has 0 N–H and O–H groups in total. The molecular formula is C15H13ClO3. The van der Waals surface area contributed by atoms with Crippen molar-refractivity contribution in [1.29, 1.82) is 0 Å². The first-order valence-corrected chi connectivity index (χ1v) is 6.10. The molecule has 0 spiro atoms. The van der Waals surface area contributed by atoms with Crippen molar-refractivity contribution >= 4 is 17.6 Å². The van der Waals surface area contributed by atoms with E-state index in [1.54, 1.807) is 24.3 Å². The SMILES string of the molecule is COc1ccc(Cl)cc1C(=O)Oc1cccc(C)c1. The van der Waals surface area contributed by atoms with Gasteiger partial charge in [-0.2, -0.15) is 0 Å². The first-order chi connectivity index (χ1) is 9.10. The van der Waals surface area contributed by atoms with Crippen molar-refractivity contribution in [2.24, 2.45) is 0 Å². The van der Waals surface area contributed by atoms with E-state index in [0.29, 0.717) is 22.1 Å². The van der Waals surface area contributed by atoms with Crippen molar-refractivity contribution in [1.82, 2.24) is 0 Å². The zero-order valence-corrected chi connectivity index (χ0v) is 11.4. The topological polar surface area (TPSA) is 35.5 Å². The van der Waals surface area contributed by atoms with Crippen LogP contribution in [-0.4, -0.2) is 13.1 Å². The monoisotopic (exact) mass is 276 g/mol. The van der Waals surface area contributed by atoms with E-state index in [1.807, 2.05) is 19.1 Å². The summed E-state index contributed by atoms with van der Waals surface area (Å²) in [5.74, 6) is 0.430. The molecule has 0 atom stereocenters. The summed E-state index contributed by atoms with van der Waals surface area (Å²) in [7, 11) is 1.49. The van der Waals surface area contributed by atoms with Gasteiger partial charge in [0.1, 0.15) is 17.1 Å². The number of methoxy groups -OCH3 is 1. The third-order valence-electron chi connectivity index (χ3n) is 2.58. The van der Waals surface area contributed by atoms with Crippen LogP contribution in [0.1, 0.15) is 15.9 Å². The predicted octanol–water partition coefficient (Wildman–Crippen LogP) is 3.88. The standard InChI is InChI=1S/C15H13ClO3/c1-10-4-3-5-12(8-10)19-15(17)13-9-11(16)6-7-14(13)18-2/h3-9H,1-2H3. The molecule has 3 nitrogen and oxygen atoms in total. The van der Waals surface area contributed by atoms with E-state index in [4.69, 9.17) is 21.1 Å². The molecule has 0 heterocycles. The van der Waals surface area contributed by atoms with Crippen molar-refractivity contribution in [3.63, 3.8) is 0 Å². The van der Waals surface area contributed by atoms with E-state index in [2.05, 4.69) is 0 Å². The van der Waals surface area contributed by atoms with Crippen LogP contribution in [0.3, 0.4) is 0 Å². The van der Waals surface area contributed by atoms with Crippen LogP contribution in [0.25, 0.3) is 0 Å². The average Bonchev–Trinajstić information content (AvgIpc) is 2.38. The number of halogens is 1. The predicted molar refractivity (Wildman–Crippen MR) is 74.1 cm³/mol. The zero-order chi connectivity index (χ0) is 13.8. The van der Waals surface area contributed by atoms with E-state index >= 15 is 0 Å². The number of ether oxygens (including phenoxy) is 2. The summed E-state index contributed by atoms with van der Waals surface area (Å²) < 4.78 is 10.4. The Bertz CT molecular complexity index is 608. The van der Waals surface area contributed by atoms with Crippen molar-refractivity contribution in [3.05, 3.63) is 58.6 Å². The van der Waals surface area contributed by atoms with Crippen LogP contribution in [0, 0.1) is 6.92 Å². The van der Waals surface area contributed by atoms with E-state index in [9.17, 15) is 4.79 Å². The number of hydrogen-bond acceptors (Lipinski definition) is 3. The third kappa shape index (κ3) is 3.26. The molecule has 2 rings (SSSR count). The van der Waals surface area contributed by atoms with Gasteiger partial charge in [-0.05, 0) is 42.8 Å². The third-order valence-corrected chi connectivity index (χ3v) is 2.82. The van der Waals surface area contributed by atoms with Gasteiger partial charge >= 0.3 is 5.97 Å². The van der Waals surface area contributed by atoms with Gasteiger partial charge in [0.15, 0.2) is 0 Å². The summed E-state index contributed by atoms with van der Waals surface area (Å²) in [5.41, 5.74) is 1.32. The van der Waals surface area contributed by atoms with E-state index < -0.39 is 5.97 Å². The summed E-state index contributed by atoms with van der Waals surface area (Å²) in [4.78, 5) is 12.1. The minimum Gasteiger partial charge on any atom is -0.496 e. The molecule has 0 unspecified atom stereocenters. The lowest BCUT2D eigenvalue weighted by atomic mass is 10.2. The first-order valence-electron chi connectivity index (χ1n) is 5.72. The number of esters is 1. The molecule has 0 aliphatic carbocycles. The number of aryl methyl sites for hydroxylation is 1. The van der Waals surface area contributed by atoms with Gasteiger partial charge in [-0.3, -0.25) is 0 Å². The highest BCUT2D eigenvalue weighted by molar-refractivity contribution is 6.31. The average molecular weight is 277 g/mol. The molecule has 0 fully saturated rings. The van der Waals surface area contributed by atoms with Crippen LogP contribution in [0.4, 0.5) is 0 Å². The minimum atomic E-state index is -0.495. The maximum Gasteiger partial charge on any atom is 0.347 e. The Kier molecular flexibility index (Phi) is 4.07. The Morgan fingerprint density at radius 3 is 2.63 bits per heavy atom. The lowest BCUT2D eigenvalue weighted by Gasteiger charge is -2.09. The normalized spacial score (nSPS) is 10.1. The molecule has 19 heavy (non-hydrogen) atoms. The maximum atomic E-state index is 12.1. The van der Waals surface area contributed by atoms with Gasteiger partial charge in [0.2, 0.25) is 0 Å². The summed E-state index contributed by atoms with van der Waals surface area (Å²) in [6.45, 7) is 1.93. The molecule has 98 valence electrons. The fourth-order valence-corrected chi connectivity index (χ4v) is 1.85. The Hall–Kier alpha value is -2.00. The second-order valence-electron chi connectivity index (χ2n) is 4.05. The maximum absolute atomic E-state index is 12.1. The van der Waals surface area contributed by atoms with Gasteiger partial charge in [-0.25, -0.2) is 4.79 Å². The highest BCUT2D eigenvalue weighted by atomic mass is 35.5. The Labute approximate surface area is 116 Å². The van der Waals surface area contributed by atoms with Crippen LogP contribution in [-0.2, 0) is 0 Å². The van der Waals surface area contributed by atoms with E-state index in [-0.39, 0.29) is 0 Å². The van der Waals surface area contributed by atoms with Crippen LogP contribution in [0.2, 0.25) is 5.02 Å². The molecule has 0 aliphatic heterocycles. The summed E-state index contributed by atoms with van der Waals surface area (Å²) in [5, 5.41) is 0.456. The fourth-order valence-electron chi connectivity index (χ4n) is 1.68. The summed E-state index contributed by atoms with van der Waals surface area (Å²) in [6, 6.07) is 12.1. The number of carbonyl (C=O) groups excluding carboxylic acids is 1. The van der Waals surface area contributed by atoms with Gasteiger partial charge < -0.3 is 9.47 Å². The quantitative estimate of drug-likeness (QED) is 0.630. The van der Waals surface area contributed by atoms with Gasteiger partial charge in [0.25, 0.3) is 0 Å². The van der Waals surface area contributed by atoms with Gasteiger partial charge in [-0.15, -0.1) is 0 Å². The minimum absolute atomic E-state index is 0.302. The van der Waals surface area contributed by atoms with Crippen molar-refractivity contribution in [2.75, 3.05) is 7.11 Å². The van der Waals surface area contributed by atoms with Gasteiger partial charge in [-0.1, -0.05) is 23.7 Å². The molecule has 2 aromatic carbocycles. The molecule has 0 amide bonds. The Morgan fingerprint density at radius 1 is 1.16 bits per heavy atom. The molecule has 0 bridgehead atoms.